The topological polar surface area (TPSA) is 40.5 Å². The van der Waals surface area contributed by atoms with Crippen molar-refractivity contribution in [3.63, 3.8) is 0 Å². The molecule has 18 heavy (non-hydrogen) atoms. The zero-order chi connectivity index (χ0) is 13.5. The minimum Gasteiger partial charge on any atom is -0.396 e. The Kier molecular flexibility index (Phi) is 15.7. The number of aliphatic hydroxyl groups excluding tert-OH is 2. The van der Waals surface area contributed by atoms with Gasteiger partial charge in [0.25, 0.3) is 0 Å². The summed E-state index contributed by atoms with van der Waals surface area (Å²) < 4.78 is 0. The molecule has 0 saturated carbocycles. The fourth-order valence-corrected chi connectivity index (χ4v) is 2.94. The Morgan fingerprint density at radius 1 is 0.611 bits per heavy atom. The normalized spacial score (nSPS) is 11.3. The molecule has 0 aromatic heterocycles. The van der Waals surface area contributed by atoms with E-state index in [1.807, 2.05) is 0 Å². The van der Waals surface area contributed by atoms with Gasteiger partial charge in [0, 0.05) is 13.2 Å². The minimum absolute atomic E-state index is 0.347. The number of hydrogen-bond acceptors (Lipinski definition) is 2. The van der Waals surface area contributed by atoms with Crippen LogP contribution in [-0.2, 0) is 0 Å². The number of unbranched alkanes of at least 4 members (excludes halogenated alkanes) is 6. The molecule has 0 amide bonds. The molecule has 2 nitrogen and oxygen atoms in total. The van der Waals surface area contributed by atoms with Crippen molar-refractivity contribution in [1.82, 2.24) is 0 Å². The van der Waals surface area contributed by atoms with Crippen LogP contribution in [0.25, 0.3) is 0 Å². The van der Waals surface area contributed by atoms with Gasteiger partial charge in [-0.3, -0.25) is 0 Å². The molecule has 0 aliphatic rings. The molecule has 1 unspecified atom stereocenters. The monoisotopic (exact) mass is 276 g/mol. The molecule has 0 saturated heterocycles. The highest BCUT2D eigenvalue weighted by molar-refractivity contribution is 7.16. The van der Waals surface area contributed by atoms with Crippen LogP contribution in [0.4, 0.5) is 0 Å². The Bertz CT molecular complexity index is 139. The van der Waals surface area contributed by atoms with Crippen LogP contribution >= 0.6 is 9.24 Å². The van der Waals surface area contributed by atoms with Gasteiger partial charge in [-0.2, -0.15) is 0 Å². The molecular formula is C15H33O2P. The predicted octanol–water partition coefficient (Wildman–Crippen LogP) is 3.75. The summed E-state index contributed by atoms with van der Waals surface area (Å²) in [6.07, 6.45) is 14.8. The number of hydrogen-bond donors (Lipinski definition) is 2. The van der Waals surface area contributed by atoms with Gasteiger partial charge in [-0.25, -0.2) is 0 Å². The van der Waals surface area contributed by atoms with Crippen LogP contribution in [0.1, 0.15) is 70.6 Å². The van der Waals surface area contributed by atoms with E-state index in [-0.39, 0.29) is 0 Å². The van der Waals surface area contributed by atoms with Gasteiger partial charge in [-0.1, -0.05) is 51.4 Å². The summed E-state index contributed by atoms with van der Waals surface area (Å²) in [7, 11) is 2.85. The maximum absolute atomic E-state index is 8.73. The van der Waals surface area contributed by atoms with E-state index in [4.69, 9.17) is 10.2 Å². The van der Waals surface area contributed by atoms with Crippen LogP contribution in [0, 0.1) is 5.92 Å². The first kappa shape index (κ1) is 18.4. The van der Waals surface area contributed by atoms with Crippen molar-refractivity contribution < 1.29 is 10.2 Å². The van der Waals surface area contributed by atoms with Gasteiger partial charge in [0.1, 0.15) is 0 Å². The van der Waals surface area contributed by atoms with Crippen LogP contribution in [0.2, 0.25) is 0 Å². The van der Waals surface area contributed by atoms with E-state index in [0.717, 1.165) is 18.8 Å². The minimum atomic E-state index is 0.347. The maximum Gasteiger partial charge on any atom is 0.0431 e. The quantitative estimate of drug-likeness (QED) is 0.375. The lowest BCUT2D eigenvalue weighted by atomic mass is 9.92. The van der Waals surface area contributed by atoms with Gasteiger partial charge in [0.2, 0.25) is 0 Å². The Morgan fingerprint density at radius 2 is 1.06 bits per heavy atom. The predicted molar refractivity (Wildman–Crippen MR) is 83.0 cm³/mol. The van der Waals surface area contributed by atoms with E-state index in [0.29, 0.717) is 13.2 Å². The van der Waals surface area contributed by atoms with E-state index in [1.165, 1.54) is 63.9 Å². The summed E-state index contributed by atoms with van der Waals surface area (Å²) >= 11 is 0. The third kappa shape index (κ3) is 12.8. The largest absolute Gasteiger partial charge is 0.396 e. The van der Waals surface area contributed by atoms with Gasteiger partial charge < -0.3 is 10.2 Å². The van der Waals surface area contributed by atoms with Crippen molar-refractivity contribution in [1.29, 1.82) is 0 Å². The van der Waals surface area contributed by atoms with Crippen molar-refractivity contribution >= 4 is 9.24 Å². The fourth-order valence-electron chi connectivity index (χ4n) is 2.47. The van der Waals surface area contributed by atoms with E-state index in [2.05, 4.69) is 9.24 Å². The third-order valence-corrected chi connectivity index (χ3v) is 3.95. The summed E-state index contributed by atoms with van der Waals surface area (Å²) in [5.41, 5.74) is 0. The highest BCUT2D eigenvalue weighted by Crippen LogP contribution is 2.22. The van der Waals surface area contributed by atoms with E-state index in [1.54, 1.807) is 0 Å². The molecule has 0 spiro atoms. The highest BCUT2D eigenvalue weighted by Gasteiger charge is 2.07. The molecule has 0 bridgehead atoms. The second kappa shape index (κ2) is 15.4. The van der Waals surface area contributed by atoms with Gasteiger partial charge >= 0.3 is 0 Å². The Labute approximate surface area is 116 Å². The molecule has 110 valence electrons. The lowest BCUT2D eigenvalue weighted by Gasteiger charge is -2.15. The lowest BCUT2D eigenvalue weighted by Crippen LogP contribution is -2.02. The molecule has 0 radical (unpaired) electrons. The Hall–Kier alpha value is 0.350. The zero-order valence-electron chi connectivity index (χ0n) is 11.9. The molecule has 0 aromatic carbocycles. The van der Waals surface area contributed by atoms with E-state index in [9.17, 15) is 0 Å². The molecule has 0 aliphatic heterocycles. The molecule has 0 rings (SSSR count). The molecule has 3 heteroatoms. The first-order valence-corrected chi connectivity index (χ1v) is 8.58. The van der Waals surface area contributed by atoms with Crippen LogP contribution in [0.3, 0.4) is 0 Å². The number of aliphatic hydroxyl groups is 2. The molecule has 0 aromatic rings. The summed E-state index contributed by atoms with van der Waals surface area (Å²) in [6.45, 7) is 0.694. The molecular weight excluding hydrogens is 243 g/mol. The van der Waals surface area contributed by atoms with Crippen molar-refractivity contribution in [3.8, 4) is 0 Å². The fraction of sp³-hybridized carbons (Fsp3) is 1.00. The summed E-state index contributed by atoms with van der Waals surface area (Å²) in [6, 6.07) is 0. The number of rotatable bonds is 14. The van der Waals surface area contributed by atoms with E-state index >= 15 is 0 Å². The second-order valence-corrected chi connectivity index (χ2v) is 5.87. The van der Waals surface area contributed by atoms with Gasteiger partial charge in [-0.05, 0) is 31.3 Å². The summed E-state index contributed by atoms with van der Waals surface area (Å²) in [5, 5.41) is 17.5. The highest BCUT2D eigenvalue weighted by atomic mass is 31.0. The van der Waals surface area contributed by atoms with Gasteiger partial charge in [0.15, 0.2) is 0 Å². The summed E-state index contributed by atoms with van der Waals surface area (Å²) in [5.74, 6) is 0.894. The maximum atomic E-state index is 8.73. The SMILES string of the molecule is OCCCCCCC(CCP)CCCCCCO. The first-order valence-electron chi connectivity index (χ1n) is 7.77. The average Bonchev–Trinajstić information content (AvgIpc) is 2.38. The summed E-state index contributed by atoms with van der Waals surface area (Å²) in [4.78, 5) is 0. The van der Waals surface area contributed by atoms with Crippen LogP contribution in [-0.4, -0.2) is 29.6 Å². The molecule has 0 aliphatic carbocycles. The van der Waals surface area contributed by atoms with Crippen LogP contribution < -0.4 is 0 Å². The average molecular weight is 276 g/mol. The van der Waals surface area contributed by atoms with Crippen molar-refractivity contribution in [2.24, 2.45) is 5.92 Å². The van der Waals surface area contributed by atoms with E-state index < -0.39 is 0 Å². The smallest absolute Gasteiger partial charge is 0.0431 e. The Balaban J connectivity index is 3.45. The zero-order valence-corrected chi connectivity index (χ0v) is 13.1. The van der Waals surface area contributed by atoms with Crippen molar-refractivity contribution in [3.05, 3.63) is 0 Å². The molecule has 0 fully saturated rings. The standard InChI is InChI=1S/C15H33O2P/c16-12-7-3-1-5-9-15(11-14-18)10-6-2-4-8-13-17/h15-17H,1-14,18H2. The van der Waals surface area contributed by atoms with Crippen LogP contribution in [0.15, 0.2) is 0 Å². The van der Waals surface area contributed by atoms with Crippen molar-refractivity contribution in [2.75, 3.05) is 19.4 Å². The third-order valence-electron chi connectivity index (χ3n) is 3.62. The van der Waals surface area contributed by atoms with Gasteiger partial charge in [-0.15, -0.1) is 9.24 Å². The Morgan fingerprint density at radius 3 is 1.44 bits per heavy atom. The second-order valence-electron chi connectivity index (χ2n) is 5.30. The molecule has 1 atom stereocenters. The molecule has 2 N–H and O–H groups in total. The lowest BCUT2D eigenvalue weighted by molar-refractivity contribution is 0.279. The molecule has 0 heterocycles. The first-order chi connectivity index (χ1) is 8.85. The van der Waals surface area contributed by atoms with Crippen molar-refractivity contribution in [2.45, 2.75) is 70.6 Å². The van der Waals surface area contributed by atoms with Crippen LogP contribution in [0.5, 0.6) is 0 Å². The van der Waals surface area contributed by atoms with Gasteiger partial charge in [0.05, 0.1) is 0 Å².